The van der Waals surface area contributed by atoms with Gasteiger partial charge in [0.15, 0.2) is 0 Å². The number of hydrogen-bond donors (Lipinski definition) is 3. The van der Waals surface area contributed by atoms with E-state index >= 15 is 0 Å². The zero-order valence-corrected chi connectivity index (χ0v) is 8.20. The van der Waals surface area contributed by atoms with Crippen molar-refractivity contribution in [1.82, 2.24) is 10.4 Å². The second-order valence-corrected chi connectivity index (χ2v) is 3.09. The van der Waals surface area contributed by atoms with Gasteiger partial charge in [-0.05, 0) is 12.1 Å². The second kappa shape index (κ2) is 3.62. The molecule has 4 N–H and O–H groups in total. The van der Waals surface area contributed by atoms with Crippen LogP contribution in [0.15, 0.2) is 24.4 Å². The number of fused-ring (bicyclic) bond motifs is 1. The molecule has 1 amide bonds. The Hall–Kier alpha value is -2.01. The van der Waals surface area contributed by atoms with Crippen LogP contribution in [0, 0.1) is 0 Å². The van der Waals surface area contributed by atoms with Crippen LogP contribution < -0.4 is 16.0 Å². The number of amides is 1. The molecule has 2 rings (SSSR count). The van der Waals surface area contributed by atoms with E-state index in [0.29, 0.717) is 5.56 Å². The van der Waals surface area contributed by atoms with Crippen molar-refractivity contribution < 1.29 is 9.53 Å². The summed E-state index contributed by atoms with van der Waals surface area (Å²) in [6, 6.07) is 5.43. The predicted molar refractivity (Wildman–Crippen MR) is 56.5 cm³/mol. The van der Waals surface area contributed by atoms with Crippen molar-refractivity contribution in [2.75, 3.05) is 7.11 Å². The molecule has 2 aromatic rings. The fourth-order valence-corrected chi connectivity index (χ4v) is 1.50. The molecule has 0 atom stereocenters. The number of methoxy groups -OCH3 is 1. The number of nitrogens with two attached hydrogens (primary N) is 1. The van der Waals surface area contributed by atoms with Crippen molar-refractivity contribution in [3.63, 3.8) is 0 Å². The Balaban J connectivity index is 2.57. The van der Waals surface area contributed by atoms with Gasteiger partial charge in [-0.3, -0.25) is 10.2 Å². The molecule has 0 radical (unpaired) electrons. The molecule has 1 heterocycles. The van der Waals surface area contributed by atoms with Crippen LogP contribution in [0.1, 0.15) is 10.4 Å². The smallest absolute Gasteiger partial charge is 0.267 e. The Kier molecular flexibility index (Phi) is 2.31. The first-order valence-corrected chi connectivity index (χ1v) is 4.42. The first-order chi connectivity index (χ1) is 7.26. The number of nitrogens with one attached hydrogen (secondary N) is 2. The third kappa shape index (κ3) is 1.53. The number of hydrazine groups is 1. The lowest BCUT2D eigenvalue weighted by molar-refractivity contribution is 0.0955. The van der Waals surface area contributed by atoms with Crippen LogP contribution in [0.3, 0.4) is 0 Å². The number of aromatic nitrogens is 1. The maximum atomic E-state index is 11.4. The summed E-state index contributed by atoms with van der Waals surface area (Å²) in [5, 5.41) is 0.818. The highest BCUT2D eigenvalue weighted by atomic mass is 16.5. The number of aromatic amines is 1. The van der Waals surface area contributed by atoms with Crippen LogP contribution in [0.4, 0.5) is 0 Å². The third-order valence-electron chi connectivity index (χ3n) is 2.26. The molecule has 0 aliphatic carbocycles. The molecule has 5 heteroatoms. The van der Waals surface area contributed by atoms with Gasteiger partial charge in [0.2, 0.25) is 0 Å². The molecule has 1 aromatic heterocycles. The Morgan fingerprint density at radius 1 is 1.53 bits per heavy atom. The SMILES string of the molecule is COc1ccc2c(C(=O)NN)c[nH]c2c1. The van der Waals surface area contributed by atoms with Gasteiger partial charge < -0.3 is 9.72 Å². The van der Waals surface area contributed by atoms with Crippen LogP contribution in [0.5, 0.6) is 5.75 Å². The van der Waals surface area contributed by atoms with Crippen molar-refractivity contribution in [3.05, 3.63) is 30.0 Å². The maximum absolute atomic E-state index is 11.4. The Labute approximate surface area is 86.2 Å². The number of carbonyl (C=O) groups excluding carboxylic acids is 1. The molecule has 1 aromatic carbocycles. The number of rotatable bonds is 2. The zero-order chi connectivity index (χ0) is 10.8. The van der Waals surface area contributed by atoms with E-state index in [4.69, 9.17) is 10.6 Å². The van der Waals surface area contributed by atoms with Gasteiger partial charge in [0, 0.05) is 23.2 Å². The average Bonchev–Trinajstić information content (AvgIpc) is 2.70. The Morgan fingerprint density at radius 2 is 2.33 bits per heavy atom. The average molecular weight is 205 g/mol. The molecule has 15 heavy (non-hydrogen) atoms. The van der Waals surface area contributed by atoms with Gasteiger partial charge in [-0.25, -0.2) is 5.84 Å². The van der Waals surface area contributed by atoms with E-state index in [1.807, 2.05) is 12.1 Å². The van der Waals surface area contributed by atoms with Crippen LogP contribution in [-0.4, -0.2) is 18.0 Å². The van der Waals surface area contributed by atoms with Crippen molar-refractivity contribution >= 4 is 16.8 Å². The summed E-state index contributed by atoms with van der Waals surface area (Å²) in [6.07, 6.45) is 1.62. The van der Waals surface area contributed by atoms with Gasteiger partial charge in [-0.2, -0.15) is 0 Å². The summed E-state index contributed by atoms with van der Waals surface area (Å²) >= 11 is 0. The topological polar surface area (TPSA) is 80.1 Å². The molecule has 5 nitrogen and oxygen atoms in total. The van der Waals surface area contributed by atoms with Crippen molar-refractivity contribution in [2.45, 2.75) is 0 Å². The third-order valence-corrected chi connectivity index (χ3v) is 2.26. The maximum Gasteiger partial charge on any atom is 0.267 e. The van der Waals surface area contributed by atoms with Gasteiger partial charge in [0.25, 0.3) is 5.91 Å². The minimum absolute atomic E-state index is 0.314. The highest BCUT2D eigenvalue weighted by Crippen LogP contribution is 2.22. The van der Waals surface area contributed by atoms with Gasteiger partial charge in [0.1, 0.15) is 5.75 Å². The van der Waals surface area contributed by atoms with Gasteiger partial charge >= 0.3 is 0 Å². The summed E-state index contributed by atoms with van der Waals surface area (Å²) in [4.78, 5) is 14.3. The second-order valence-electron chi connectivity index (χ2n) is 3.09. The van der Waals surface area contributed by atoms with Gasteiger partial charge in [-0.1, -0.05) is 0 Å². The molecule has 0 aliphatic rings. The molecule has 0 unspecified atom stereocenters. The highest BCUT2D eigenvalue weighted by Gasteiger charge is 2.10. The molecule has 0 saturated heterocycles. The lowest BCUT2D eigenvalue weighted by atomic mass is 10.1. The van der Waals surface area contributed by atoms with Crippen LogP contribution in [-0.2, 0) is 0 Å². The van der Waals surface area contributed by atoms with E-state index in [-0.39, 0.29) is 5.91 Å². The summed E-state index contributed by atoms with van der Waals surface area (Å²) in [5.41, 5.74) is 3.46. The fourth-order valence-electron chi connectivity index (χ4n) is 1.50. The van der Waals surface area contributed by atoms with Crippen molar-refractivity contribution in [1.29, 1.82) is 0 Å². The van der Waals surface area contributed by atoms with Crippen LogP contribution in [0.25, 0.3) is 10.9 Å². The summed E-state index contributed by atoms with van der Waals surface area (Å²) in [7, 11) is 1.59. The molecule has 0 fully saturated rings. The molecule has 0 bridgehead atoms. The van der Waals surface area contributed by atoms with E-state index in [1.165, 1.54) is 0 Å². The number of carbonyl (C=O) groups is 1. The molecule has 0 aliphatic heterocycles. The number of ether oxygens (including phenoxy) is 1. The zero-order valence-electron chi connectivity index (χ0n) is 8.20. The van der Waals surface area contributed by atoms with E-state index < -0.39 is 0 Å². The Morgan fingerprint density at radius 3 is 3.00 bits per heavy atom. The predicted octanol–water partition coefficient (Wildman–Crippen LogP) is 0.780. The standard InChI is InChI=1S/C10H11N3O2/c1-15-6-2-3-7-8(10(14)13-11)5-12-9(7)4-6/h2-5,12H,11H2,1H3,(H,13,14). The van der Waals surface area contributed by atoms with Crippen molar-refractivity contribution in [2.24, 2.45) is 5.84 Å². The number of hydrogen-bond acceptors (Lipinski definition) is 3. The quantitative estimate of drug-likeness (QED) is 0.385. The minimum atomic E-state index is -0.314. The summed E-state index contributed by atoms with van der Waals surface area (Å²) in [5.74, 6) is 5.50. The van der Waals surface area contributed by atoms with E-state index in [9.17, 15) is 4.79 Å². The largest absolute Gasteiger partial charge is 0.497 e. The Bertz CT molecular complexity index is 504. The molecular formula is C10H11N3O2. The summed E-state index contributed by atoms with van der Waals surface area (Å²) in [6.45, 7) is 0. The molecule has 0 saturated carbocycles. The summed E-state index contributed by atoms with van der Waals surface area (Å²) < 4.78 is 5.07. The molecular weight excluding hydrogens is 194 g/mol. The van der Waals surface area contributed by atoms with E-state index in [1.54, 1.807) is 19.4 Å². The number of benzene rings is 1. The fraction of sp³-hybridized carbons (Fsp3) is 0.100. The molecule has 78 valence electrons. The van der Waals surface area contributed by atoms with E-state index in [0.717, 1.165) is 16.7 Å². The normalized spacial score (nSPS) is 10.3. The van der Waals surface area contributed by atoms with Gasteiger partial charge in [-0.15, -0.1) is 0 Å². The lowest BCUT2D eigenvalue weighted by Gasteiger charge is -2.00. The number of nitrogen functional groups attached to an aromatic ring is 1. The van der Waals surface area contributed by atoms with Crippen LogP contribution in [0.2, 0.25) is 0 Å². The highest BCUT2D eigenvalue weighted by molar-refractivity contribution is 6.06. The van der Waals surface area contributed by atoms with E-state index in [2.05, 4.69) is 10.4 Å². The minimum Gasteiger partial charge on any atom is -0.497 e. The van der Waals surface area contributed by atoms with Crippen LogP contribution >= 0.6 is 0 Å². The first-order valence-electron chi connectivity index (χ1n) is 4.42. The van der Waals surface area contributed by atoms with Gasteiger partial charge in [0.05, 0.1) is 12.7 Å². The molecule has 0 spiro atoms. The first kappa shape index (κ1) is 9.54. The lowest BCUT2D eigenvalue weighted by Crippen LogP contribution is -2.29. The van der Waals surface area contributed by atoms with Crippen molar-refractivity contribution in [3.8, 4) is 5.75 Å². The number of H-pyrrole nitrogens is 1. The monoisotopic (exact) mass is 205 g/mol.